The van der Waals surface area contributed by atoms with Crippen LogP contribution in [0.25, 0.3) is 0 Å². The summed E-state index contributed by atoms with van der Waals surface area (Å²) in [6, 6.07) is 12.1. The number of primary sulfonamides is 1. The fraction of sp³-hybridized carbons (Fsp3) is 0.300. The largest absolute Gasteiger partial charge is 0.488 e. The summed E-state index contributed by atoms with van der Waals surface area (Å²) in [5.41, 5.74) is 1.02. The lowest BCUT2D eigenvalue weighted by Crippen LogP contribution is -2.26. The fourth-order valence-corrected chi connectivity index (χ4v) is 3.37. The van der Waals surface area contributed by atoms with E-state index in [9.17, 15) is 13.5 Å². The summed E-state index contributed by atoms with van der Waals surface area (Å²) < 4.78 is 34.4. The molecule has 2 rings (SSSR count). The molecule has 160 valence electrons. The van der Waals surface area contributed by atoms with Crippen LogP contribution in [0, 0.1) is 6.92 Å². The highest BCUT2D eigenvalue weighted by atomic mass is 35.5. The predicted molar refractivity (Wildman–Crippen MR) is 115 cm³/mol. The van der Waals surface area contributed by atoms with Crippen LogP contribution in [0.15, 0.2) is 60.0 Å². The summed E-state index contributed by atoms with van der Waals surface area (Å²) >= 11 is 0. The molecule has 0 bridgehead atoms. The van der Waals surface area contributed by atoms with Crippen LogP contribution in [-0.4, -0.2) is 39.8 Å². The van der Waals surface area contributed by atoms with Crippen molar-refractivity contribution in [3.63, 3.8) is 0 Å². The number of nitrogens with one attached hydrogen (secondary N) is 1. The summed E-state index contributed by atoms with van der Waals surface area (Å²) in [4.78, 5) is 0.0171. The fourth-order valence-electron chi connectivity index (χ4n) is 2.56. The van der Waals surface area contributed by atoms with Crippen molar-refractivity contribution in [2.45, 2.75) is 17.9 Å². The molecule has 29 heavy (non-hydrogen) atoms. The molecule has 0 aliphatic heterocycles. The Kier molecular flexibility index (Phi) is 10.1. The van der Waals surface area contributed by atoms with E-state index in [-0.39, 0.29) is 23.8 Å². The molecule has 0 aliphatic carbocycles. The number of ether oxygens (including phenoxy) is 2. The zero-order valence-corrected chi connectivity index (χ0v) is 17.8. The zero-order valence-electron chi connectivity index (χ0n) is 16.2. The van der Waals surface area contributed by atoms with Crippen LogP contribution in [0.3, 0.4) is 0 Å². The number of hydrogen-bond acceptors (Lipinski definition) is 6. The number of nitrogens with two attached hydrogens (primary N) is 1. The van der Waals surface area contributed by atoms with Gasteiger partial charge in [0.15, 0.2) is 11.5 Å². The number of aliphatic hydroxyl groups excluding tert-OH is 1. The standard InChI is InChI=1S/C20H26N2O5S.ClH/c1-3-11-26-18-6-4-5-7-19(18)27-12-10-22-14-17(23)16-9-8-15(2)20(13-16)28(21,24)25;/h3-9,13,17,22-23H,1,10-12,14H2,2H3,(H2,21,24,25);1H. The van der Waals surface area contributed by atoms with Crippen molar-refractivity contribution in [1.82, 2.24) is 5.32 Å². The number of aryl methyl sites for hydroxylation is 1. The minimum atomic E-state index is -3.83. The SMILES string of the molecule is C=CCOc1ccccc1OCCNCC(O)c1ccc(C)c(S(N)(=O)=O)c1.Cl. The zero-order chi connectivity index (χ0) is 20.6. The van der Waals surface area contributed by atoms with Crippen molar-refractivity contribution in [3.8, 4) is 11.5 Å². The first-order valence-corrected chi connectivity index (χ1v) is 10.3. The van der Waals surface area contributed by atoms with Gasteiger partial charge in [0.1, 0.15) is 13.2 Å². The minimum absolute atomic E-state index is 0. The van der Waals surface area contributed by atoms with Crippen molar-refractivity contribution in [2.75, 3.05) is 26.3 Å². The van der Waals surface area contributed by atoms with Gasteiger partial charge in [0.05, 0.1) is 11.0 Å². The quantitative estimate of drug-likeness (QED) is 0.364. The van der Waals surface area contributed by atoms with E-state index < -0.39 is 16.1 Å². The highest BCUT2D eigenvalue weighted by Crippen LogP contribution is 2.26. The maximum absolute atomic E-state index is 11.6. The van der Waals surface area contributed by atoms with Crippen molar-refractivity contribution in [2.24, 2.45) is 5.14 Å². The molecule has 0 saturated carbocycles. The van der Waals surface area contributed by atoms with E-state index in [0.717, 1.165) is 0 Å². The Bertz CT molecular complexity index is 905. The van der Waals surface area contributed by atoms with E-state index in [0.29, 0.717) is 42.4 Å². The molecule has 0 saturated heterocycles. The number of benzene rings is 2. The third kappa shape index (κ3) is 7.68. The van der Waals surface area contributed by atoms with Crippen LogP contribution >= 0.6 is 12.4 Å². The topological polar surface area (TPSA) is 111 Å². The second kappa shape index (κ2) is 11.8. The van der Waals surface area contributed by atoms with E-state index in [2.05, 4.69) is 11.9 Å². The Morgan fingerprint density at radius 1 is 1.21 bits per heavy atom. The first-order valence-electron chi connectivity index (χ1n) is 8.80. The molecular formula is C20H27ClN2O5S. The molecular weight excluding hydrogens is 416 g/mol. The number of para-hydroxylation sites is 2. The first-order chi connectivity index (χ1) is 13.3. The lowest BCUT2D eigenvalue weighted by atomic mass is 10.1. The molecule has 0 aromatic heterocycles. The van der Waals surface area contributed by atoms with E-state index in [1.54, 1.807) is 25.1 Å². The van der Waals surface area contributed by atoms with E-state index in [1.165, 1.54) is 6.07 Å². The summed E-state index contributed by atoms with van der Waals surface area (Å²) in [6.07, 6.45) is 0.788. The van der Waals surface area contributed by atoms with Gasteiger partial charge in [-0.25, -0.2) is 13.6 Å². The van der Waals surface area contributed by atoms with Crippen LogP contribution in [0.4, 0.5) is 0 Å². The second-order valence-corrected chi connectivity index (χ2v) is 7.71. The normalized spacial score (nSPS) is 12.0. The summed E-state index contributed by atoms with van der Waals surface area (Å²) in [5, 5.41) is 18.6. The van der Waals surface area contributed by atoms with Gasteiger partial charge in [-0.05, 0) is 36.2 Å². The number of aliphatic hydroxyl groups is 1. The van der Waals surface area contributed by atoms with Gasteiger partial charge in [0.2, 0.25) is 10.0 Å². The third-order valence-electron chi connectivity index (χ3n) is 3.98. The molecule has 7 nitrogen and oxygen atoms in total. The van der Waals surface area contributed by atoms with Gasteiger partial charge in [-0.15, -0.1) is 12.4 Å². The average Bonchev–Trinajstić information content (AvgIpc) is 2.66. The molecule has 2 aromatic rings. The molecule has 1 atom stereocenters. The van der Waals surface area contributed by atoms with Crippen molar-refractivity contribution in [3.05, 3.63) is 66.2 Å². The Morgan fingerprint density at radius 2 is 1.86 bits per heavy atom. The molecule has 0 fully saturated rings. The van der Waals surface area contributed by atoms with Gasteiger partial charge >= 0.3 is 0 Å². The molecule has 4 N–H and O–H groups in total. The van der Waals surface area contributed by atoms with Crippen LogP contribution in [0.5, 0.6) is 11.5 Å². The first kappa shape index (κ1) is 24.9. The van der Waals surface area contributed by atoms with E-state index in [1.807, 2.05) is 24.3 Å². The van der Waals surface area contributed by atoms with Crippen molar-refractivity contribution in [1.29, 1.82) is 0 Å². The van der Waals surface area contributed by atoms with Gasteiger partial charge in [-0.3, -0.25) is 0 Å². The Balaban J connectivity index is 0.00000420. The number of rotatable bonds is 11. The van der Waals surface area contributed by atoms with E-state index >= 15 is 0 Å². The molecule has 0 radical (unpaired) electrons. The maximum atomic E-state index is 11.6. The lowest BCUT2D eigenvalue weighted by Gasteiger charge is -2.15. The molecule has 0 aliphatic rings. The van der Waals surface area contributed by atoms with Crippen LogP contribution in [-0.2, 0) is 10.0 Å². The van der Waals surface area contributed by atoms with Gasteiger partial charge in [0.25, 0.3) is 0 Å². The van der Waals surface area contributed by atoms with E-state index in [4.69, 9.17) is 14.6 Å². The maximum Gasteiger partial charge on any atom is 0.238 e. The second-order valence-electron chi connectivity index (χ2n) is 6.18. The molecule has 0 spiro atoms. The smallest absolute Gasteiger partial charge is 0.238 e. The van der Waals surface area contributed by atoms with Gasteiger partial charge in [0, 0.05) is 13.1 Å². The number of halogens is 1. The lowest BCUT2D eigenvalue weighted by molar-refractivity contribution is 0.171. The van der Waals surface area contributed by atoms with Gasteiger partial charge < -0.3 is 19.9 Å². The van der Waals surface area contributed by atoms with Crippen molar-refractivity contribution < 1.29 is 23.0 Å². The third-order valence-corrected chi connectivity index (χ3v) is 5.04. The summed E-state index contributed by atoms with van der Waals surface area (Å²) in [6.45, 7) is 6.76. The number of hydrogen-bond donors (Lipinski definition) is 3. The minimum Gasteiger partial charge on any atom is -0.488 e. The Morgan fingerprint density at radius 3 is 2.48 bits per heavy atom. The molecule has 2 aromatic carbocycles. The molecule has 9 heteroatoms. The highest BCUT2D eigenvalue weighted by molar-refractivity contribution is 7.89. The van der Waals surface area contributed by atoms with Crippen molar-refractivity contribution >= 4 is 22.4 Å². The highest BCUT2D eigenvalue weighted by Gasteiger charge is 2.15. The monoisotopic (exact) mass is 442 g/mol. The Hall–Kier alpha value is -2.10. The predicted octanol–water partition coefficient (Wildman–Crippen LogP) is 2.33. The van der Waals surface area contributed by atoms with Crippen LogP contribution in [0.1, 0.15) is 17.2 Å². The van der Waals surface area contributed by atoms with Gasteiger partial charge in [-0.1, -0.05) is 36.9 Å². The number of sulfonamides is 1. The molecule has 0 heterocycles. The van der Waals surface area contributed by atoms with Crippen LogP contribution < -0.4 is 19.9 Å². The summed E-state index contributed by atoms with van der Waals surface area (Å²) in [7, 11) is -3.83. The summed E-state index contributed by atoms with van der Waals surface area (Å²) in [5.74, 6) is 1.26. The Labute approximate surface area is 178 Å². The van der Waals surface area contributed by atoms with Crippen LogP contribution in [0.2, 0.25) is 0 Å². The average molecular weight is 443 g/mol. The molecule has 1 unspecified atom stereocenters. The molecule has 0 amide bonds. The van der Waals surface area contributed by atoms with Gasteiger partial charge in [-0.2, -0.15) is 0 Å².